The van der Waals surface area contributed by atoms with Gasteiger partial charge in [0, 0.05) is 99.7 Å². The van der Waals surface area contributed by atoms with Gasteiger partial charge in [-0.3, -0.25) is 0 Å². The van der Waals surface area contributed by atoms with E-state index in [4.69, 9.17) is 60.4 Å². The maximum atomic E-state index is 9.26. The lowest BCUT2D eigenvalue weighted by Crippen LogP contribution is -2.00. The van der Waals surface area contributed by atoms with Gasteiger partial charge in [0.05, 0.1) is 5.52 Å². The van der Waals surface area contributed by atoms with E-state index in [1.807, 2.05) is 225 Å². The van der Waals surface area contributed by atoms with E-state index < -0.39 is 0 Å². The summed E-state index contributed by atoms with van der Waals surface area (Å²) in [6.07, 6.45) is 6.92. The van der Waals surface area contributed by atoms with Crippen molar-refractivity contribution in [3.63, 3.8) is 0 Å². The van der Waals surface area contributed by atoms with Crippen LogP contribution in [0.4, 0.5) is 0 Å². The van der Waals surface area contributed by atoms with Gasteiger partial charge in [-0.1, -0.05) is 328 Å². The van der Waals surface area contributed by atoms with E-state index in [-0.39, 0.29) is 0 Å². The van der Waals surface area contributed by atoms with Crippen molar-refractivity contribution in [3.05, 3.63) is 419 Å². The van der Waals surface area contributed by atoms with E-state index in [1.165, 1.54) is 0 Å². The first kappa shape index (κ1) is 87.6. The second kappa shape index (κ2) is 39.3. The normalized spacial score (nSPS) is 11.2. The Hall–Kier alpha value is -17.8. The average Bonchev–Trinajstić information content (AvgIpc) is 1.45. The van der Waals surface area contributed by atoms with Gasteiger partial charge in [0.15, 0.2) is 33.7 Å². The number of benzene rings is 19. The maximum Gasteiger partial charge on any atom is 0.569 e. The highest BCUT2D eigenvalue weighted by molar-refractivity contribution is 6.26. The van der Waals surface area contributed by atoms with Gasteiger partial charge in [0.2, 0.25) is 0 Å². The lowest BCUT2D eigenvalue weighted by atomic mass is 9.88. The van der Waals surface area contributed by atoms with Crippen LogP contribution < -0.4 is 23.3 Å². The second-order valence-corrected chi connectivity index (χ2v) is 32.7. The van der Waals surface area contributed by atoms with Gasteiger partial charge >= 0.3 is 38.4 Å². The molecule has 5 N–H and O–H groups in total. The fourth-order valence-electron chi connectivity index (χ4n) is 18.7. The van der Waals surface area contributed by atoms with Crippen molar-refractivity contribution in [1.82, 2.24) is 19.9 Å². The lowest BCUT2D eigenvalue weighted by molar-refractivity contribution is 0.450. The van der Waals surface area contributed by atoms with E-state index in [1.54, 1.807) is 49.1 Å². The average molecular weight is 1820 g/mol. The molecule has 0 aliphatic carbocycles. The molecule has 0 amide bonds. The summed E-state index contributed by atoms with van der Waals surface area (Å²) >= 11 is 0. The van der Waals surface area contributed by atoms with Crippen molar-refractivity contribution >= 4 is 181 Å². The number of nitrogens with zero attached hydrogens (tertiary/aromatic N) is 4. The smallest absolute Gasteiger partial charge is 0.535 e. The molecule has 26 aromatic rings. The van der Waals surface area contributed by atoms with Crippen LogP contribution in [0.3, 0.4) is 0 Å². The van der Waals surface area contributed by atoms with Crippen LogP contribution in [-0.2, 0) is 0 Å². The monoisotopic (exact) mass is 1820 g/mol. The van der Waals surface area contributed by atoms with Crippen LogP contribution in [0, 0.1) is 0 Å². The molecule has 24 heteroatoms. The number of fused-ring (bicyclic) bond motifs is 20. The lowest BCUT2D eigenvalue weighted by Gasteiger charge is -2.16. The molecule has 0 fully saturated rings. The van der Waals surface area contributed by atoms with Crippen LogP contribution in [-0.4, -0.2) is 83.5 Å². The molecule has 5 radical (unpaired) electrons. The summed E-state index contributed by atoms with van der Waals surface area (Å²) in [7, 11) is 3.37. The zero-order valence-corrected chi connectivity index (χ0v) is 74.3. The summed E-state index contributed by atoms with van der Waals surface area (Å²) in [5.74, 6) is 3.10. The van der Waals surface area contributed by atoms with Gasteiger partial charge in [-0.05, 0) is 150 Å². The zero-order chi connectivity index (χ0) is 94.4. The van der Waals surface area contributed by atoms with E-state index in [9.17, 15) is 10.0 Å². The van der Waals surface area contributed by atoms with E-state index in [0.29, 0.717) is 101 Å². The Kier molecular flexibility index (Phi) is 24.6. The van der Waals surface area contributed by atoms with Crippen molar-refractivity contribution in [3.8, 4) is 118 Å². The third-order valence-electron chi connectivity index (χ3n) is 24.8. The van der Waals surface area contributed by atoms with E-state index >= 15 is 0 Å². The summed E-state index contributed by atoms with van der Waals surface area (Å²) < 4.78 is 56.9. The molecule has 0 spiro atoms. The molecule has 0 atom stereocenters. The van der Waals surface area contributed by atoms with Crippen molar-refractivity contribution < 1.29 is 70.5 Å². The van der Waals surface area contributed by atoms with Crippen LogP contribution in [0.15, 0.2) is 441 Å². The summed E-state index contributed by atoms with van der Waals surface area (Å²) in [6.45, 7) is 0. The minimum Gasteiger partial charge on any atom is -0.535 e. The molecule has 19 aromatic carbocycles. The fraction of sp³-hybridized carbons (Fsp3) is 0. The first-order chi connectivity index (χ1) is 69.3. The number of para-hydroxylation sites is 5. The Morgan fingerprint density at radius 1 is 0.214 bits per heavy atom. The summed E-state index contributed by atoms with van der Waals surface area (Å²) in [4.78, 5) is 17.5. The minimum atomic E-state index is 0.460. The predicted molar refractivity (Wildman–Crippen MR) is 559 cm³/mol. The largest absolute Gasteiger partial charge is 0.569 e. The molecule has 0 bridgehead atoms. The highest BCUT2D eigenvalue weighted by Gasteiger charge is 2.26. The maximum absolute atomic E-state index is 9.26. The fourth-order valence-corrected chi connectivity index (χ4v) is 18.7. The van der Waals surface area contributed by atoms with Gasteiger partial charge in [-0.25, -0.2) is 19.9 Å². The molecule has 0 unspecified atom stereocenters. The first-order valence-corrected chi connectivity index (χ1v) is 44.9. The number of rotatable bonds is 18. The molecule has 7 heterocycles. The van der Waals surface area contributed by atoms with Crippen LogP contribution >= 0.6 is 0 Å². The molecule has 663 valence electrons. The first-order valence-electron chi connectivity index (χ1n) is 44.9. The number of furan rings is 5. The Balaban J connectivity index is 0.000000102. The number of hydrogen-bond donors (Lipinski definition) is 5. The van der Waals surface area contributed by atoms with Crippen molar-refractivity contribution in [1.29, 1.82) is 0 Å². The third kappa shape index (κ3) is 16.8. The number of hydrogen-bond acceptors (Lipinski definition) is 19. The van der Waals surface area contributed by atoms with Crippen molar-refractivity contribution in [2.45, 2.75) is 0 Å². The van der Waals surface area contributed by atoms with E-state index in [0.717, 1.165) is 198 Å². The molecular weight excluding hydrogens is 1740 g/mol. The van der Waals surface area contributed by atoms with E-state index in [2.05, 4.69) is 166 Å². The molecule has 26 rings (SSSR count). The highest BCUT2D eigenvalue weighted by Crippen LogP contribution is 2.50. The standard InChI is InChI=1S/C30H18BN2O3.C24H16BO3.C22H14BN2O3.C22H14BO3.C18H12BO3/c34-31-36-25-11-5-10-24-23-9-4-8-22(29(23)35-30(24)25)21-15-14-19-12-13-20-16-32-17-33-28(20)27(19)26(21)18-6-2-1-3-7-18;26-25-28-22-15-18(16-8-3-1-4-9-16)14-20-23-19(17-10-5-2-6-11-17)12-7-13-21(23)27-24(20)22;26-23-28-19-7-2-5-17-20-16(4-1-6-18(20)27-21(17)19)14-8-10-15(11-9-14)22-24-12-3-13-25-22;24-23-26-20-12-6-11-17-19-13-18(14-7-2-1-3-8-14)15-9-4-5-10-16(15)21(19)25-22(17)20;20-19-22-16-11-5-9-14-17-13(12-6-2-1-3-7-12)8-4-10-15(17)21-18(14)16/h1-17,34H;1-15,26H;1-13,26H;1-13,24H;1-11,20H. The third-order valence-corrected chi connectivity index (χ3v) is 24.8. The van der Waals surface area contributed by atoms with Crippen molar-refractivity contribution in [2.24, 2.45) is 0 Å². The summed E-state index contributed by atoms with van der Waals surface area (Å²) in [6, 6.07) is 131. The van der Waals surface area contributed by atoms with Gasteiger partial charge in [0.1, 0.15) is 63.0 Å². The predicted octanol–water partition coefficient (Wildman–Crippen LogP) is 26.8. The summed E-state index contributed by atoms with van der Waals surface area (Å²) in [5.41, 5.74) is 24.0. The Morgan fingerprint density at radius 3 is 1.11 bits per heavy atom. The minimum absolute atomic E-state index is 0.460. The molecular formula is C116H74B5N4O15. The summed E-state index contributed by atoms with van der Waals surface area (Å²) in [5, 5.41) is 60.6. The second-order valence-electron chi connectivity index (χ2n) is 32.7. The Bertz CT molecular complexity index is 9040. The molecule has 140 heavy (non-hydrogen) atoms. The van der Waals surface area contributed by atoms with Gasteiger partial charge in [-0.15, -0.1) is 0 Å². The molecule has 19 nitrogen and oxygen atoms in total. The van der Waals surface area contributed by atoms with Gasteiger partial charge in [0.25, 0.3) is 0 Å². The zero-order valence-electron chi connectivity index (χ0n) is 74.3. The topological polar surface area (TPSA) is 265 Å². The molecule has 0 saturated carbocycles. The molecule has 0 saturated heterocycles. The molecule has 0 aliphatic rings. The SMILES string of the molecule is O[B]Oc1cc(-c2ccccc2)cc2c1oc1cccc(-c3ccccc3)c12.O[B]Oc1cccc2c1oc1c(-c3ccc4ccc5cncnc5c4c3-c3ccccc3)cccc12.O[B]Oc1cccc2c1oc1c3ccccc3c(-c3ccccc3)cc21.O[B]Oc1cccc2c1oc1cccc(-c3ccc(-c4ncccn4)cc3)c12.O[B]Oc1cccc2c1oc1cccc(-c3ccccc3)c12. The van der Waals surface area contributed by atoms with Crippen LogP contribution in [0.1, 0.15) is 0 Å². The highest BCUT2D eigenvalue weighted by atomic mass is 16.5. The Labute approximate surface area is 803 Å². The molecule has 7 aromatic heterocycles. The van der Waals surface area contributed by atoms with Crippen LogP contribution in [0.5, 0.6) is 28.7 Å². The van der Waals surface area contributed by atoms with Crippen molar-refractivity contribution in [2.75, 3.05) is 0 Å². The quantitative estimate of drug-likeness (QED) is 0.0395. The van der Waals surface area contributed by atoms with Gasteiger partial charge < -0.3 is 70.5 Å². The van der Waals surface area contributed by atoms with Crippen LogP contribution in [0.2, 0.25) is 0 Å². The van der Waals surface area contributed by atoms with Gasteiger partial charge in [-0.2, -0.15) is 0 Å². The number of aromatic nitrogens is 4. The molecule has 0 aliphatic heterocycles. The van der Waals surface area contributed by atoms with Crippen LogP contribution in [0.25, 0.3) is 231 Å². The Morgan fingerprint density at radius 2 is 0.586 bits per heavy atom.